The summed E-state index contributed by atoms with van der Waals surface area (Å²) in [6, 6.07) is 6.07. The number of hydrazine groups is 1. The fraction of sp³-hybridized carbons (Fsp3) is 0.500. The molecule has 0 bridgehead atoms. The van der Waals surface area contributed by atoms with Gasteiger partial charge in [-0.2, -0.15) is 4.68 Å². The molecule has 0 saturated heterocycles. The topological polar surface area (TPSA) is 114 Å². The summed E-state index contributed by atoms with van der Waals surface area (Å²) >= 11 is 0. The van der Waals surface area contributed by atoms with Crippen LogP contribution in [0.3, 0.4) is 0 Å². The van der Waals surface area contributed by atoms with Gasteiger partial charge in [0.1, 0.15) is 0 Å². The van der Waals surface area contributed by atoms with Gasteiger partial charge in [0, 0.05) is 6.92 Å². The van der Waals surface area contributed by atoms with E-state index in [1.54, 1.807) is 4.68 Å². The van der Waals surface area contributed by atoms with Gasteiger partial charge in [0.2, 0.25) is 5.91 Å². The Morgan fingerprint density at radius 3 is 2.44 bits per heavy atom. The van der Waals surface area contributed by atoms with Crippen LogP contribution in [0.4, 0.5) is 0 Å². The minimum Gasteiger partial charge on any atom is -0.296 e. The first kappa shape index (κ1) is 19.0. The van der Waals surface area contributed by atoms with Crippen molar-refractivity contribution in [3.8, 4) is 5.69 Å². The lowest BCUT2D eigenvalue weighted by Gasteiger charge is -2.29. The number of amides is 2. The highest BCUT2D eigenvalue weighted by Gasteiger charge is 2.41. The maximum atomic E-state index is 12.0. The Labute approximate surface area is 157 Å². The first-order valence-corrected chi connectivity index (χ1v) is 9.09. The Kier molecular flexibility index (Phi) is 5.50. The molecule has 3 rings (SSSR count). The highest BCUT2D eigenvalue weighted by atomic mass is 16.2. The molecule has 9 nitrogen and oxygen atoms in total. The molecular weight excluding hydrogens is 346 g/mol. The van der Waals surface area contributed by atoms with Crippen LogP contribution in [0.25, 0.3) is 5.69 Å². The molecule has 0 aliphatic heterocycles. The van der Waals surface area contributed by atoms with Crippen molar-refractivity contribution in [2.75, 3.05) is 6.54 Å². The van der Waals surface area contributed by atoms with E-state index in [0.29, 0.717) is 5.82 Å². The van der Waals surface area contributed by atoms with Crippen LogP contribution in [0, 0.1) is 13.8 Å². The SMILES string of the molecule is CC(=O)NNC(=O)CNC1(c2nnnn2-c2c(C)cccc2C)CCCC1. The van der Waals surface area contributed by atoms with Gasteiger partial charge in [0.25, 0.3) is 5.91 Å². The highest BCUT2D eigenvalue weighted by Crippen LogP contribution is 2.38. The molecule has 1 aliphatic carbocycles. The molecule has 0 radical (unpaired) electrons. The number of rotatable bonds is 5. The summed E-state index contributed by atoms with van der Waals surface area (Å²) in [7, 11) is 0. The van der Waals surface area contributed by atoms with Gasteiger partial charge in [0.15, 0.2) is 5.82 Å². The van der Waals surface area contributed by atoms with Crippen LogP contribution >= 0.6 is 0 Å². The largest absolute Gasteiger partial charge is 0.296 e. The molecule has 0 unspecified atom stereocenters. The van der Waals surface area contributed by atoms with Gasteiger partial charge in [-0.1, -0.05) is 31.0 Å². The predicted molar refractivity (Wildman–Crippen MR) is 98.7 cm³/mol. The van der Waals surface area contributed by atoms with Gasteiger partial charge in [0.05, 0.1) is 17.8 Å². The van der Waals surface area contributed by atoms with Crippen LogP contribution < -0.4 is 16.2 Å². The molecule has 1 aromatic carbocycles. The summed E-state index contributed by atoms with van der Waals surface area (Å²) in [5, 5.41) is 15.8. The van der Waals surface area contributed by atoms with Gasteiger partial charge >= 0.3 is 0 Å². The van der Waals surface area contributed by atoms with Crippen LogP contribution in [-0.4, -0.2) is 38.6 Å². The van der Waals surface area contributed by atoms with Crippen LogP contribution in [0.5, 0.6) is 0 Å². The van der Waals surface area contributed by atoms with E-state index < -0.39 is 5.54 Å². The lowest BCUT2D eigenvalue weighted by Crippen LogP contribution is -2.50. The molecule has 2 aromatic rings. The second-order valence-corrected chi connectivity index (χ2v) is 7.03. The zero-order valence-corrected chi connectivity index (χ0v) is 15.9. The Morgan fingerprint density at radius 1 is 1.15 bits per heavy atom. The van der Waals surface area contributed by atoms with Gasteiger partial charge in [-0.15, -0.1) is 5.10 Å². The van der Waals surface area contributed by atoms with E-state index in [1.807, 2.05) is 32.0 Å². The molecule has 1 aliphatic rings. The summed E-state index contributed by atoms with van der Waals surface area (Å²) in [4.78, 5) is 23.0. The van der Waals surface area contributed by atoms with Crippen molar-refractivity contribution in [1.29, 1.82) is 0 Å². The van der Waals surface area contributed by atoms with Crippen molar-refractivity contribution < 1.29 is 9.59 Å². The zero-order valence-electron chi connectivity index (χ0n) is 15.9. The van der Waals surface area contributed by atoms with Crippen molar-refractivity contribution >= 4 is 11.8 Å². The number of aryl methyl sites for hydroxylation is 2. The Balaban J connectivity index is 1.87. The number of benzene rings is 1. The van der Waals surface area contributed by atoms with Crippen molar-refractivity contribution in [2.24, 2.45) is 0 Å². The monoisotopic (exact) mass is 371 g/mol. The van der Waals surface area contributed by atoms with Gasteiger partial charge in [-0.05, 0) is 48.2 Å². The standard InChI is InChI=1S/C18H25N7O2/c1-12-7-6-8-13(2)16(12)25-17(22-23-24-25)18(9-4-5-10-18)19-11-15(27)21-20-14(3)26/h6-8,19H,4-5,9-11H2,1-3H3,(H,20,26)(H,21,27). The molecule has 1 heterocycles. The number of carbonyl (C=O) groups excluding carboxylic acids is 2. The molecule has 1 fully saturated rings. The van der Waals surface area contributed by atoms with Crippen molar-refractivity contribution in [1.82, 2.24) is 36.4 Å². The summed E-state index contributed by atoms with van der Waals surface area (Å²) in [5.41, 5.74) is 7.32. The number of nitrogens with zero attached hydrogens (tertiary/aromatic N) is 4. The molecule has 27 heavy (non-hydrogen) atoms. The third-order valence-electron chi connectivity index (χ3n) is 4.97. The number of tetrazole rings is 1. The summed E-state index contributed by atoms with van der Waals surface area (Å²) in [6.45, 7) is 5.46. The van der Waals surface area contributed by atoms with E-state index in [9.17, 15) is 9.59 Å². The predicted octanol–water partition coefficient (Wildman–Crippen LogP) is 0.805. The van der Waals surface area contributed by atoms with Crippen LogP contribution in [-0.2, 0) is 15.1 Å². The number of aromatic nitrogens is 4. The van der Waals surface area contributed by atoms with E-state index in [-0.39, 0.29) is 18.4 Å². The highest BCUT2D eigenvalue weighted by molar-refractivity contribution is 5.82. The molecule has 9 heteroatoms. The summed E-state index contributed by atoms with van der Waals surface area (Å²) in [6.07, 6.45) is 3.73. The molecule has 0 spiro atoms. The minimum atomic E-state index is -0.480. The van der Waals surface area contributed by atoms with E-state index in [0.717, 1.165) is 42.5 Å². The fourth-order valence-electron chi connectivity index (χ4n) is 3.69. The van der Waals surface area contributed by atoms with E-state index in [2.05, 4.69) is 31.7 Å². The third kappa shape index (κ3) is 3.97. The molecule has 1 aromatic heterocycles. The molecule has 144 valence electrons. The normalized spacial score (nSPS) is 15.5. The number of carbonyl (C=O) groups is 2. The molecule has 3 N–H and O–H groups in total. The summed E-state index contributed by atoms with van der Waals surface area (Å²) < 4.78 is 1.79. The first-order chi connectivity index (χ1) is 12.9. The number of hydrogen-bond acceptors (Lipinski definition) is 6. The quantitative estimate of drug-likeness (QED) is 0.670. The summed E-state index contributed by atoms with van der Waals surface area (Å²) in [5.74, 6) is 0.0743. The maximum Gasteiger partial charge on any atom is 0.252 e. The van der Waals surface area contributed by atoms with Crippen molar-refractivity contribution in [3.63, 3.8) is 0 Å². The van der Waals surface area contributed by atoms with Gasteiger partial charge in [-0.25, -0.2) is 0 Å². The van der Waals surface area contributed by atoms with Gasteiger partial charge in [-0.3, -0.25) is 25.8 Å². The Bertz CT molecular complexity index is 820. The average molecular weight is 371 g/mol. The second-order valence-electron chi connectivity index (χ2n) is 7.03. The number of nitrogens with one attached hydrogen (secondary N) is 3. The average Bonchev–Trinajstić information content (AvgIpc) is 3.28. The van der Waals surface area contributed by atoms with E-state index >= 15 is 0 Å². The number of para-hydroxylation sites is 1. The van der Waals surface area contributed by atoms with Crippen LogP contribution in [0.15, 0.2) is 18.2 Å². The molecular formula is C18H25N7O2. The smallest absolute Gasteiger partial charge is 0.252 e. The first-order valence-electron chi connectivity index (χ1n) is 9.09. The van der Waals surface area contributed by atoms with Crippen LogP contribution in [0.1, 0.15) is 49.6 Å². The van der Waals surface area contributed by atoms with Gasteiger partial charge < -0.3 is 0 Å². The molecule has 2 amide bonds. The second kappa shape index (κ2) is 7.83. The van der Waals surface area contributed by atoms with E-state index in [4.69, 9.17) is 0 Å². The van der Waals surface area contributed by atoms with Crippen molar-refractivity contribution in [2.45, 2.75) is 52.0 Å². The minimum absolute atomic E-state index is 0.0555. The molecule has 1 saturated carbocycles. The van der Waals surface area contributed by atoms with Crippen molar-refractivity contribution in [3.05, 3.63) is 35.2 Å². The molecule has 0 atom stereocenters. The van der Waals surface area contributed by atoms with E-state index in [1.165, 1.54) is 6.92 Å². The zero-order chi connectivity index (χ0) is 19.4. The lowest BCUT2D eigenvalue weighted by molar-refractivity contribution is -0.127. The number of hydrogen-bond donors (Lipinski definition) is 3. The Morgan fingerprint density at radius 2 is 1.81 bits per heavy atom. The lowest BCUT2D eigenvalue weighted by atomic mass is 9.95. The third-order valence-corrected chi connectivity index (χ3v) is 4.97. The van der Waals surface area contributed by atoms with Crippen LogP contribution in [0.2, 0.25) is 0 Å². The Hall–Kier alpha value is -2.81. The maximum absolute atomic E-state index is 12.0. The fourth-order valence-corrected chi connectivity index (χ4v) is 3.69.